The molecule has 0 bridgehead atoms. The molecule has 0 fully saturated rings. The van der Waals surface area contributed by atoms with Crippen LogP contribution in [0.15, 0.2) is 59.0 Å². The fourth-order valence-corrected chi connectivity index (χ4v) is 2.92. The molecule has 0 atom stereocenters. The summed E-state index contributed by atoms with van der Waals surface area (Å²) in [6, 6.07) is 13.4. The highest BCUT2D eigenvalue weighted by atomic mass is 35.5. The van der Waals surface area contributed by atoms with Crippen LogP contribution in [0.2, 0.25) is 5.22 Å². The predicted octanol–water partition coefficient (Wildman–Crippen LogP) is 3.89. The zero-order valence-electron chi connectivity index (χ0n) is 15.8. The van der Waals surface area contributed by atoms with Gasteiger partial charge >= 0.3 is 0 Å². The maximum absolute atomic E-state index is 13.2. The Balaban J connectivity index is 1.98. The van der Waals surface area contributed by atoms with Gasteiger partial charge in [-0.3, -0.25) is 9.59 Å². The van der Waals surface area contributed by atoms with E-state index < -0.39 is 5.91 Å². The number of hydrogen-bond donors (Lipinski definition) is 2. The molecule has 3 aromatic rings. The summed E-state index contributed by atoms with van der Waals surface area (Å²) in [6.07, 6.45) is 0. The van der Waals surface area contributed by atoms with Crippen molar-refractivity contribution in [2.75, 3.05) is 19.0 Å². The molecule has 2 amide bonds. The van der Waals surface area contributed by atoms with E-state index >= 15 is 0 Å². The van der Waals surface area contributed by atoms with E-state index in [9.17, 15) is 19.8 Å². The fourth-order valence-electron chi connectivity index (χ4n) is 2.76. The third-order valence-corrected chi connectivity index (χ3v) is 4.43. The lowest BCUT2D eigenvalue weighted by Crippen LogP contribution is -2.30. The summed E-state index contributed by atoms with van der Waals surface area (Å²) in [5, 5.41) is 19.8. The Bertz CT molecular complexity index is 1040. The number of benzene rings is 2. The maximum atomic E-state index is 13.2. The number of anilines is 1. The first-order chi connectivity index (χ1) is 13.8. The first-order valence-corrected chi connectivity index (χ1v) is 9.04. The average molecular weight is 415 g/mol. The molecule has 7 nitrogen and oxygen atoms in total. The van der Waals surface area contributed by atoms with Crippen LogP contribution in [-0.2, 0) is 6.54 Å². The molecule has 29 heavy (non-hydrogen) atoms. The molecule has 1 heterocycles. The number of carbonyl (C=O) groups is 2. The molecule has 0 spiro atoms. The molecule has 2 aromatic carbocycles. The Hall–Kier alpha value is -3.45. The van der Waals surface area contributed by atoms with Crippen molar-refractivity contribution < 1.29 is 24.2 Å². The van der Waals surface area contributed by atoms with Crippen molar-refractivity contribution in [2.45, 2.75) is 6.54 Å². The number of phenolic OH excluding ortho intramolecular Hbond substituents is 2. The Morgan fingerprint density at radius 3 is 2.21 bits per heavy atom. The molecule has 0 unspecified atom stereocenters. The molecule has 3 rings (SSSR count). The second kappa shape index (κ2) is 8.28. The Labute approximate surface area is 172 Å². The van der Waals surface area contributed by atoms with E-state index in [0.29, 0.717) is 17.0 Å². The molecule has 8 heteroatoms. The van der Waals surface area contributed by atoms with Crippen molar-refractivity contribution in [3.8, 4) is 11.5 Å². The minimum atomic E-state index is -0.512. The van der Waals surface area contributed by atoms with Crippen LogP contribution in [0.25, 0.3) is 0 Å². The zero-order valence-corrected chi connectivity index (χ0v) is 16.6. The highest BCUT2D eigenvalue weighted by Crippen LogP contribution is 2.28. The van der Waals surface area contributed by atoms with E-state index in [0.717, 1.165) is 6.07 Å². The normalized spacial score (nSPS) is 10.6. The molecule has 0 aliphatic rings. The van der Waals surface area contributed by atoms with E-state index in [-0.39, 0.29) is 34.7 Å². The Morgan fingerprint density at radius 2 is 1.66 bits per heavy atom. The molecule has 0 saturated carbocycles. The average Bonchev–Trinajstić information content (AvgIpc) is 3.10. The topological polar surface area (TPSA) is 94.2 Å². The van der Waals surface area contributed by atoms with E-state index in [2.05, 4.69) is 0 Å². The summed E-state index contributed by atoms with van der Waals surface area (Å²) < 4.78 is 5.37. The highest BCUT2D eigenvalue weighted by molar-refractivity contribution is 6.28. The predicted molar refractivity (Wildman–Crippen MR) is 108 cm³/mol. The Kier molecular flexibility index (Phi) is 5.79. The van der Waals surface area contributed by atoms with Crippen molar-refractivity contribution >= 4 is 29.1 Å². The molecule has 0 radical (unpaired) electrons. The molecule has 1 aromatic heterocycles. The van der Waals surface area contributed by atoms with Gasteiger partial charge in [-0.25, -0.2) is 0 Å². The molecule has 2 N–H and O–H groups in total. The molecular weight excluding hydrogens is 396 g/mol. The van der Waals surface area contributed by atoms with Gasteiger partial charge < -0.3 is 24.4 Å². The van der Waals surface area contributed by atoms with Crippen molar-refractivity contribution in [1.82, 2.24) is 4.90 Å². The third kappa shape index (κ3) is 4.52. The minimum absolute atomic E-state index is 0.00824. The largest absolute Gasteiger partial charge is 0.508 e. The number of carbonyl (C=O) groups excluding carboxylic acids is 2. The second-order valence-electron chi connectivity index (χ2n) is 6.55. The van der Waals surface area contributed by atoms with Gasteiger partial charge in [0.25, 0.3) is 11.8 Å². The molecular formula is C21H19ClN2O5. The van der Waals surface area contributed by atoms with E-state index in [4.69, 9.17) is 16.0 Å². The van der Waals surface area contributed by atoms with E-state index in [1.165, 1.54) is 21.9 Å². The van der Waals surface area contributed by atoms with Gasteiger partial charge in [-0.05, 0) is 60.1 Å². The van der Waals surface area contributed by atoms with Crippen molar-refractivity contribution in [3.05, 3.63) is 76.7 Å². The number of amides is 2. The summed E-state index contributed by atoms with van der Waals surface area (Å²) in [5.74, 6) is -0.743. The summed E-state index contributed by atoms with van der Waals surface area (Å²) in [5.41, 5.74) is 0.971. The summed E-state index contributed by atoms with van der Waals surface area (Å²) in [4.78, 5) is 28.1. The number of furan rings is 1. The quantitative estimate of drug-likeness (QED) is 0.660. The smallest absolute Gasteiger partial charge is 0.262 e. The van der Waals surface area contributed by atoms with Crippen LogP contribution in [0, 0.1) is 0 Å². The van der Waals surface area contributed by atoms with Gasteiger partial charge in [-0.1, -0.05) is 0 Å². The lowest BCUT2D eigenvalue weighted by Gasteiger charge is -2.23. The molecule has 0 aliphatic heterocycles. The number of phenols is 2. The van der Waals surface area contributed by atoms with Gasteiger partial charge in [0.05, 0.1) is 12.1 Å². The zero-order chi connectivity index (χ0) is 21.1. The van der Waals surface area contributed by atoms with Crippen LogP contribution in [0.3, 0.4) is 0 Å². The van der Waals surface area contributed by atoms with Crippen LogP contribution in [-0.4, -0.2) is 41.0 Å². The standard InChI is InChI=1S/C21H19ClN2O5/c1-23(2)20(27)13-3-5-14(6-4-13)24(12-16-8-10-19(22)29-16)21(28)17-9-7-15(25)11-18(17)26/h3-11,25-26H,12H2,1-2H3. The third-order valence-electron chi connectivity index (χ3n) is 4.23. The van der Waals surface area contributed by atoms with Gasteiger partial charge in [0.15, 0.2) is 5.22 Å². The highest BCUT2D eigenvalue weighted by Gasteiger charge is 2.23. The summed E-state index contributed by atoms with van der Waals surface area (Å²) in [6.45, 7) is 0.0485. The van der Waals surface area contributed by atoms with Crippen LogP contribution in [0.4, 0.5) is 5.69 Å². The number of hydrogen-bond acceptors (Lipinski definition) is 5. The second-order valence-corrected chi connectivity index (χ2v) is 6.92. The van der Waals surface area contributed by atoms with Gasteiger partial charge in [0.2, 0.25) is 0 Å². The van der Waals surface area contributed by atoms with Crippen LogP contribution >= 0.6 is 11.6 Å². The molecule has 0 saturated heterocycles. The van der Waals surface area contributed by atoms with Crippen molar-refractivity contribution in [2.24, 2.45) is 0 Å². The van der Waals surface area contributed by atoms with Crippen molar-refractivity contribution in [1.29, 1.82) is 0 Å². The van der Waals surface area contributed by atoms with E-state index in [1.807, 2.05) is 0 Å². The SMILES string of the molecule is CN(C)C(=O)c1ccc(N(Cc2ccc(Cl)o2)C(=O)c2ccc(O)cc2O)cc1. The van der Waals surface area contributed by atoms with Gasteiger partial charge in [-0.15, -0.1) is 0 Å². The first kappa shape index (κ1) is 20.3. The minimum Gasteiger partial charge on any atom is -0.508 e. The molecule has 150 valence electrons. The monoisotopic (exact) mass is 414 g/mol. The lowest BCUT2D eigenvalue weighted by atomic mass is 10.1. The summed E-state index contributed by atoms with van der Waals surface area (Å²) >= 11 is 5.83. The molecule has 0 aliphatic carbocycles. The van der Waals surface area contributed by atoms with Crippen molar-refractivity contribution in [3.63, 3.8) is 0 Å². The summed E-state index contributed by atoms with van der Waals surface area (Å²) in [7, 11) is 3.31. The number of rotatable bonds is 5. The van der Waals surface area contributed by atoms with Crippen LogP contribution in [0.1, 0.15) is 26.5 Å². The lowest BCUT2D eigenvalue weighted by molar-refractivity contribution is 0.0827. The van der Waals surface area contributed by atoms with Crippen LogP contribution in [0.5, 0.6) is 11.5 Å². The number of nitrogens with zero attached hydrogens (tertiary/aromatic N) is 2. The van der Waals surface area contributed by atoms with Gasteiger partial charge in [0, 0.05) is 31.4 Å². The Morgan fingerprint density at radius 1 is 0.966 bits per heavy atom. The fraction of sp³-hybridized carbons (Fsp3) is 0.143. The van der Waals surface area contributed by atoms with Gasteiger partial charge in [-0.2, -0.15) is 0 Å². The maximum Gasteiger partial charge on any atom is 0.262 e. The number of halogens is 1. The van der Waals surface area contributed by atoms with E-state index in [1.54, 1.807) is 50.5 Å². The number of aromatic hydroxyl groups is 2. The first-order valence-electron chi connectivity index (χ1n) is 8.66. The van der Waals surface area contributed by atoms with Crippen LogP contribution < -0.4 is 4.90 Å². The van der Waals surface area contributed by atoms with Gasteiger partial charge in [0.1, 0.15) is 17.3 Å².